The first-order chi connectivity index (χ1) is 11.0. The molecule has 0 aliphatic carbocycles. The Bertz CT molecular complexity index is 569. The third-order valence-corrected chi connectivity index (χ3v) is 2.08. The van der Waals surface area contributed by atoms with E-state index in [1.165, 1.54) is 18.2 Å². The highest BCUT2D eigenvalue weighted by Crippen LogP contribution is 2.08. The molecule has 9 heteroatoms. The average molecular weight is 378 g/mol. The summed E-state index contributed by atoms with van der Waals surface area (Å²) in [5.74, 6) is -3.39. The first-order valence-corrected chi connectivity index (χ1v) is 6.87. The van der Waals surface area contributed by atoms with Gasteiger partial charge in [0.15, 0.2) is 0 Å². The van der Waals surface area contributed by atoms with Gasteiger partial charge in [0.1, 0.15) is 4.49 Å². The van der Waals surface area contributed by atoms with E-state index in [0.717, 1.165) is 0 Å². The highest BCUT2D eigenvalue weighted by molar-refractivity contribution is 6.56. The fraction of sp³-hybridized carbons (Fsp3) is 0.200. The van der Waals surface area contributed by atoms with Crippen molar-refractivity contribution in [1.29, 1.82) is 5.26 Å². The van der Waals surface area contributed by atoms with Gasteiger partial charge < -0.3 is 15.3 Å². The van der Waals surface area contributed by atoms with Gasteiger partial charge in [0, 0.05) is 17.2 Å². The van der Waals surface area contributed by atoms with Crippen LogP contribution in [-0.4, -0.2) is 33.2 Å². The normalized spacial score (nSPS) is 8.83. The molecule has 132 valence electrons. The summed E-state index contributed by atoms with van der Waals surface area (Å²) in [4.78, 5) is 30.0. The first kappa shape index (κ1) is 26.3. The summed E-state index contributed by atoms with van der Waals surface area (Å²) < 4.78 is 0.0530. The highest BCUT2D eigenvalue weighted by Gasteiger charge is 2.07. The maximum atomic E-state index is 10.4. The standard InChI is InChI=1S/C7H8Cl2O2.C5H6O4.C3H3N/c1-2-5(7(10)11)3-4-6(8)9;1-3(5(8)9)2-4(6)7;1-2-3-4/h3-4H,2H2,1H3,(H,10,11);1-2H2,(H,6,7)(H,8,9);2H,1H2. The van der Waals surface area contributed by atoms with Crippen molar-refractivity contribution in [2.75, 3.05) is 0 Å². The molecule has 0 fully saturated rings. The van der Waals surface area contributed by atoms with Crippen LogP contribution in [0.4, 0.5) is 0 Å². The number of allylic oxidation sites excluding steroid dienone is 3. The lowest BCUT2D eigenvalue weighted by Gasteiger charge is -1.92. The van der Waals surface area contributed by atoms with Crippen molar-refractivity contribution < 1.29 is 29.7 Å². The lowest BCUT2D eigenvalue weighted by Crippen LogP contribution is -2.04. The van der Waals surface area contributed by atoms with Crippen LogP contribution in [-0.2, 0) is 14.4 Å². The molecule has 0 aromatic rings. The molecule has 0 rings (SSSR count). The van der Waals surface area contributed by atoms with Crippen molar-refractivity contribution in [3.8, 4) is 6.07 Å². The van der Waals surface area contributed by atoms with Crippen molar-refractivity contribution in [2.45, 2.75) is 19.8 Å². The smallest absolute Gasteiger partial charge is 0.331 e. The van der Waals surface area contributed by atoms with Crippen molar-refractivity contribution in [3.05, 3.63) is 47.0 Å². The fourth-order valence-electron chi connectivity index (χ4n) is 0.762. The second-order valence-corrected chi connectivity index (χ2v) is 4.63. The zero-order valence-electron chi connectivity index (χ0n) is 12.8. The molecule has 0 unspecified atom stereocenters. The summed E-state index contributed by atoms with van der Waals surface area (Å²) in [5.41, 5.74) is -0.0219. The van der Waals surface area contributed by atoms with E-state index in [2.05, 4.69) is 13.2 Å². The Labute approximate surface area is 149 Å². The number of hydrogen-bond acceptors (Lipinski definition) is 4. The van der Waals surface area contributed by atoms with E-state index in [1.807, 2.05) is 0 Å². The minimum Gasteiger partial charge on any atom is -0.481 e. The Hall–Kier alpha value is -2.56. The monoisotopic (exact) mass is 377 g/mol. The number of carbonyl (C=O) groups is 3. The van der Waals surface area contributed by atoms with Crippen LogP contribution < -0.4 is 0 Å². The molecule has 0 aliphatic rings. The van der Waals surface area contributed by atoms with Gasteiger partial charge >= 0.3 is 17.9 Å². The molecule has 0 heterocycles. The van der Waals surface area contributed by atoms with E-state index >= 15 is 0 Å². The van der Waals surface area contributed by atoms with Crippen molar-refractivity contribution in [1.82, 2.24) is 0 Å². The number of nitriles is 1. The molecular weight excluding hydrogens is 361 g/mol. The van der Waals surface area contributed by atoms with Crippen molar-refractivity contribution in [2.24, 2.45) is 0 Å². The molecule has 0 atom stereocenters. The lowest BCUT2D eigenvalue weighted by molar-refractivity contribution is -0.139. The summed E-state index contributed by atoms with van der Waals surface area (Å²) in [6, 6.07) is 1.69. The summed E-state index contributed by atoms with van der Waals surface area (Å²) in [7, 11) is 0. The van der Waals surface area contributed by atoms with Crippen LogP contribution in [0.1, 0.15) is 19.8 Å². The minimum absolute atomic E-state index is 0.0530. The van der Waals surface area contributed by atoms with Crippen molar-refractivity contribution in [3.63, 3.8) is 0 Å². The van der Waals surface area contributed by atoms with Gasteiger partial charge in [-0.3, -0.25) is 4.79 Å². The number of halogens is 2. The van der Waals surface area contributed by atoms with Crippen LogP contribution in [0.5, 0.6) is 0 Å². The van der Waals surface area contributed by atoms with Gasteiger partial charge in [-0.1, -0.05) is 43.3 Å². The Morgan fingerprint density at radius 3 is 1.75 bits per heavy atom. The number of rotatable bonds is 6. The molecular formula is C15H17Cl2NO6. The minimum atomic E-state index is -1.27. The zero-order chi connectivity index (χ0) is 19.7. The summed E-state index contributed by atoms with van der Waals surface area (Å²) >= 11 is 10.5. The SMILES string of the molecule is C=C(CC(=O)O)C(=O)O.C=CC#N.CCC(=CC=C(Cl)Cl)C(=O)O. The third-order valence-electron chi connectivity index (χ3n) is 1.82. The number of aliphatic carboxylic acids is 3. The predicted molar refractivity (Wildman–Crippen MR) is 90.6 cm³/mol. The van der Waals surface area contributed by atoms with Crippen LogP contribution in [0.25, 0.3) is 0 Å². The molecule has 0 saturated heterocycles. The third kappa shape index (κ3) is 21.7. The van der Waals surface area contributed by atoms with E-state index in [-0.39, 0.29) is 15.6 Å². The predicted octanol–water partition coefficient (Wildman–Crippen LogP) is 3.52. The largest absolute Gasteiger partial charge is 0.481 e. The molecule has 0 spiro atoms. The van der Waals surface area contributed by atoms with E-state index in [9.17, 15) is 14.4 Å². The van der Waals surface area contributed by atoms with Crippen LogP contribution >= 0.6 is 23.2 Å². The molecule has 24 heavy (non-hydrogen) atoms. The maximum Gasteiger partial charge on any atom is 0.331 e. The number of nitrogens with zero attached hydrogens (tertiary/aromatic N) is 1. The van der Waals surface area contributed by atoms with Crippen LogP contribution in [0, 0.1) is 11.3 Å². The van der Waals surface area contributed by atoms with Gasteiger partial charge in [0.25, 0.3) is 0 Å². The summed E-state index contributed by atoms with van der Waals surface area (Å²) in [6.45, 7) is 7.88. The maximum absolute atomic E-state index is 10.4. The van der Waals surface area contributed by atoms with Crippen LogP contribution in [0.15, 0.2) is 47.0 Å². The fourth-order valence-corrected chi connectivity index (χ4v) is 0.888. The van der Waals surface area contributed by atoms with E-state index < -0.39 is 24.3 Å². The molecule has 0 saturated carbocycles. The van der Waals surface area contributed by atoms with Gasteiger partial charge in [0.2, 0.25) is 0 Å². The first-order valence-electron chi connectivity index (χ1n) is 6.11. The molecule has 0 bridgehead atoms. The van der Waals surface area contributed by atoms with E-state index in [4.69, 9.17) is 43.8 Å². The van der Waals surface area contributed by atoms with E-state index in [1.54, 1.807) is 13.0 Å². The summed E-state index contributed by atoms with van der Waals surface area (Å²) in [5, 5.41) is 32.1. The second-order valence-electron chi connectivity index (χ2n) is 3.62. The quantitative estimate of drug-likeness (QED) is 0.365. The van der Waals surface area contributed by atoms with Gasteiger partial charge in [-0.25, -0.2) is 9.59 Å². The van der Waals surface area contributed by atoms with Gasteiger partial charge in [-0.2, -0.15) is 5.26 Å². The average Bonchev–Trinajstić information content (AvgIpc) is 2.47. The molecule has 0 aromatic heterocycles. The van der Waals surface area contributed by atoms with Crippen LogP contribution in [0.2, 0.25) is 0 Å². The topological polar surface area (TPSA) is 136 Å². The molecule has 0 aliphatic heterocycles. The molecule has 0 amide bonds. The number of carboxylic acid groups (broad SMARTS) is 3. The molecule has 3 N–H and O–H groups in total. The Kier molecular flexibility index (Phi) is 18.4. The second kappa shape index (κ2) is 16.8. The van der Waals surface area contributed by atoms with Gasteiger partial charge in [-0.05, 0) is 18.6 Å². The van der Waals surface area contributed by atoms with Gasteiger partial charge in [0.05, 0.1) is 12.5 Å². The number of carboxylic acids is 3. The summed E-state index contributed by atoms with van der Waals surface area (Å²) in [6.07, 6.45) is 3.86. The lowest BCUT2D eigenvalue weighted by atomic mass is 10.2. The molecule has 0 aromatic carbocycles. The molecule has 7 nitrogen and oxygen atoms in total. The van der Waals surface area contributed by atoms with Crippen LogP contribution in [0.3, 0.4) is 0 Å². The highest BCUT2D eigenvalue weighted by atomic mass is 35.5. The van der Waals surface area contributed by atoms with Gasteiger partial charge in [-0.15, -0.1) is 0 Å². The Morgan fingerprint density at radius 1 is 1.12 bits per heavy atom. The zero-order valence-corrected chi connectivity index (χ0v) is 14.3. The van der Waals surface area contributed by atoms with E-state index in [0.29, 0.717) is 6.42 Å². The van der Waals surface area contributed by atoms with Crippen molar-refractivity contribution >= 4 is 41.1 Å². The Morgan fingerprint density at radius 2 is 1.58 bits per heavy atom. The molecule has 0 radical (unpaired) electrons. The number of hydrogen-bond donors (Lipinski definition) is 3. The Balaban J connectivity index is -0.000000305.